The second-order valence-corrected chi connectivity index (χ2v) is 8.72. The third kappa shape index (κ3) is 5.20. The van der Waals surface area contributed by atoms with E-state index in [1.54, 1.807) is 31.3 Å². The van der Waals surface area contributed by atoms with Crippen molar-refractivity contribution in [2.24, 2.45) is 0 Å². The van der Waals surface area contributed by atoms with Crippen molar-refractivity contribution in [2.45, 2.75) is 24.4 Å². The summed E-state index contributed by atoms with van der Waals surface area (Å²) in [7, 11) is -4.01. The number of fused-ring (bicyclic) bond motifs is 1. The molecule has 3 rings (SSSR count). The summed E-state index contributed by atoms with van der Waals surface area (Å²) in [5.74, 6) is -0.654. The van der Waals surface area contributed by atoms with Crippen LogP contribution in [0.25, 0.3) is 10.8 Å². The predicted molar refractivity (Wildman–Crippen MR) is 111 cm³/mol. The van der Waals surface area contributed by atoms with E-state index >= 15 is 0 Å². The second kappa shape index (κ2) is 9.03. The van der Waals surface area contributed by atoms with Gasteiger partial charge in [-0.2, -0.15) is 17.5 Å². The van der Waals surface area contributed by atoms with Crippen LogP contribution in [0.5, 0.6) is 0 Å². The molecular formula is C21H20F3N3O3S. The van der Waals surface area contributed by atoms with Crippen LogP contribution in [0.4, 0.5) is 18.9 Å². The summed E-state index contributed by atoms with van der Waals surface area (Å²) in [5, 5.41) is 3.58. The number of anilines is 1. The fourth-order valence-corrected chi connectivity index (χ4v) is 4.80. The van der Waals surface area contributed by atoms with E-state index in [1.165, 1.54) is 12.3 Å². The van der Waals surface area contributed by atoms with Crippen molar-refractivity contribution >= 4 is 32.4 Å². The molecule has 1 aromatic heterocycles. The Hall–Kier alpha value is -2.98. The third-order valence-corrected chi connectivity index (χ3v) is 6.45. The standard InChI is InChI=1S/C21H20F3N3O3S/c1-2-12-27(14-20(28)26-17-8-6-16(7-9-17)21(22,23)24)31(29,30)19-5-3-4-15-13-25-11-10-18(15)19/h3-11,13H,2,12,14H2,1H3,(H,26,28). The van der Waals surface area contributed by atoms with Gasteiger partial charge in [-0.25, -0.2) is 8.42 Å². The Bertz CT molecular complexity index is 1170. The second-order valence-electron chi connectivity index (χ2n) is 6.81. The molecule has 0 aliphatic rings. The Labute approximate surface area is 177 Å². The fourth-order valence-electron chi connectivity index (χ4n) is 3.09. The number of aromatic nitrogens is 1. The highest BCUT2D eigenvalue weighted by molar-refractivity contribution is 7.89. The number of nitrogens with one attached hydrogen (secondary N) is 1. The van der Waals surface area contributed by atoms with Gasteiger partial charge in [0.2, 0.25) is 15.9 Å². The zero-order valence-electron chi connectivity index (χ0n) is 16.6. The van der Waals surface area contributed by atoms with Gasteiger partial charge in [-0.15, -0.1) is 0 Å². The number of benzene rings is 2. The fraction of sp³-hybridized carbons (Fsp3) is 0.238. The van der Waals surface area contributed by atoms with Crippen LogP contribution in [-0.2, 0) is 21.0 Å². The van der Waals surface area contributed by atoms with Crippen LogP contribution < -0.4 is 5.32 Å². The monoisotopic (exact) mass is 451 g/mol. The first-order valence-corrected chi connectivity index (χ1v) is 10.9. The zero-order valence-corrected chi connectivity index (χ0v) is 17.4. The summed E-state index contributed by atoms with van der Waals surface area (Å²) in [4.78, 5) is 16.5. The molecule has 6 nitrogen and oxygen atoms in total. The lowest BCUT2D eigenvalue weighted by molar-refractivity contribution is -0.137. The van der Waals surface area contributed by atoms with Crippen molar-refractivity contribution in [3.8, 4) is 0 Å². The van der Waals surface area contributed by atoms with Crippen LogP contribution >= 0.6 is 0 Å². The van der Waals surface area contributed by atoms with Gasteiger partial charge in [0.15, 0.2) is 0 Å². The van der Waals surface area contributed by atoms with Gasteiger partial charge in [0.25, 0.3) is 0 Å². The van der Waals surface area contributed by atoms with Gasteiger partial charge in [-0.3, -0.25) is 9.78 Å². The van der Waals surface area contributed by atoms with Gasteiger partial charge in [-0.1, -0.05) is 19.1 Å². The summed E-state index contributed by atoms with van der Waals surface area (Å²) in [6.07, 6.45) is -0.972. The molecule has 0 aliphatic carbocycles. The van der Waals surface area contributed by atoms with E-state index in [4.69, 9.17) is 0 Å². The molecule has 0 atom stereocenters. The van der Waals surface area contributed by atoms with Crippen LogP contribution in [0.15, 0.2) is 65.8 Å². The highest BCUT2D eigenvalue weighted by Crippen LogP contribution is 2.30. The van der Waals surface area contributed by atoms with Gasteiger partial charge in [0, 0.05) is 35.4 Å². The van der Waals surface area contributed by atoms with Crippen molar-refractivity contribution in [1.29, 1.82) is 0 Å². The Morgan fingerprint density at radius 3 is 2.45 bits per heavy atom. The Morgan fingerprint density at radius 1 is 1.10 bits per heavy atom. The molecule has 10 heteroatoms. The van der Waals surface area contributed by atoms with E-state index in [9.17, 15) is 26.4 Å². The molecule has 0 unspecified atom stereocenters. The summed E-state index contributed by atoms with van der Waals surface area (Å²) in [6.45, 7) is 1.41. The molecular weight excluding hydrogens is 431 g/mol. The van der Waals surface area contributed by atoms with Gasteiger partial charge in [0.05, 0.1) is 17.0 Å². The molecule has 0 fully saturated rings. The van der Waals surface area contributed by atoms with Gasteiger partial charge < -0.3 is 5.32 Å². The lowest BCUT2D eigenvalue weighted by Crippen LogP contribution is -2.38. The lowest BCUT2D eigenvalue weighted by atomic mass is 10.2. The SMILES string of the molecule is CCCN(CC(=O)Nc1ccc(C(F)(F)F)cc1)S(=O)(=O)c1cccc2cnccc12. The minimum atomic E-state index is -4.48. The number of nitrogens with zero attached hydrogens (tertiary/aromatic N) is 2. The molecule has 0 bridgehead atoms. The molecule has 0 saturated carbocycles. The minimum absolute atomic E-state index is 0.0585. The minimum Gasteiger partial charge on any atom is -0.325 e. The Balaban J connectivity index is 1.82. The number of halogens is 3. The van der Waals surface area contributed by atoms with Crippen molar-refractivity contribution in [2.75, 3.05) is 18.4 Å². The average molecular weight is 451 g/mol. The molecule has 2 aromatic carbocycles. The van der Waals surface area contributed by atoms with Crippen LogP contribution in [0.1, 0.15) is 18.9 Å². The first-order valence-electron chi connectivity index (χ1n) is 9.43. The molecule has 1 amide bonds. The third-order valence-electron chi connectivity index (χ3n) is 4.55. The van der Waals surface area contributed by atoms with Crippen molar-refractivity contribution in [1.82, 2.24) is 9.29 Å². The Morgan fingerprint density at radius 2 is 1.81 bits per heavy atom. The van der Waals surface area contributed by atoms with E-state index in [-0.39, 0.29) is 17.1 Å². The largest absolute Gasteiger partial charge is 0.416 e. The van der Waals surface area contributed by atoms with Gasteiger partial charge in [-0.05, 0) is 42.8 Å². The summed E-state index contributed by atoms with van der Waals surface area (Å²) in [5.41, 5.74) is -0.700. The van der Waals surface area contributed by atoms with Crippen LogP contribution in [-0.4, -0.2) is 36.7 Å². The van der Waals surface area contributed by atoms with E-state index in [1.807, 2.05) is 0 Å². The number of carbonyl (C=O) groups excluding carboxylic acids is 1. The topological polar surface area (TPSA) is 79.4 Å². The maximum absolute atomic E-state index is 13.3. The van der Waals surface area contributed by atoms with Crippen LogP contribution in [0.2, 0.25) is 0 Å². The van der Waals surface area contributed by atoms with Crippen molar-refractivity contribution < 1.29 is 26.4 Å². The summed E-state index contributed by atoms with van der Waals surface area (Å²) in [6, 6.07) is 10.3. The number of alkyl halides is 3. The molecule has 0 saturated heterocycles. The number of amides is 1. The molecule has 0 radical (unpaired) electrons. The quantitative estimate of drug-likeness (QED) is 0.581. The highest BCUT2D eigenvalue weighted by atomic mass is 32.2. The smallest absolute Gasteiger partial charge is 0.325 e. The molecule has 0 spiro atoms. The molecule has 31 heavy (non-hydrogen) atoms. The highest BCUT2D eigenvalue weighted by Gasteiger charge is 2.30. The number of hydrogen-bond acceptors (Lipinski definition) is 4. The molecule has 164 valence electrons. The first kappa shape index (κ1) is 22.7. The summed E-state index contributed by atoms with van der Waals surface area (Å²) < 4.78 is 65.6. The normalized spacial score (nSPS) is 12.3. The number of rotatable bonds is 7. The van der Waals surface area contributed by atoms with E-state index in [0.717, 1.165) is 28.6 Å². The molecule has 3 aromatic rings. The van der Waals surface area contributed by atoms with E-state index < -0.39 is 34.2 Å². The van der Waals surface area contributed by atoms with Gasteiger partial charge >= 0.3 is 6.18 Å². The number of sulfonamides is 1. The maximum Gasteiger partial charge on any atom is 0.416 e. The average Bonchev–Trinajstić information content (AvgIpc) is 2.72. The number of hydrogen-bond donors (Lipinski definition) is 1. The number of carbonyl (C=O) groups is 1. The van der Waals surface area contributed by atoms with Crippen molar-refractivity contribution in [3.63, 3.8) is 0 Å². The van der Waals surface area contributed by atoms with E-state index in [2.05, 4.69) is 10.3 Å². The lowest BCUT2D eigenvalue weighted by Gasteiger charge is -2.22. The maximum atomic E-state index is 13.3. The predicted octanol–water partition coefficient (Wildman–Crippen LogP) is 4.29. The molecule has 1 heterocycles. The van der Waals surface area contributed by atoms with E-state index in [0.29, 0.717) is 17.2 Å². The van der Waals surface area contributed by atoms with Gasteiger partial charge in [0.1, 0.15) is 0 Å². The first-order chi connectivity index (χ1) is 14.6. The zero-order chi connectivity index (χ0) is 22.6. The van der Waals surface area contributed by atoms with Crippen LogP contribution in [0.3, 0.4) is 0 Å². The number of pyridine rings is 1. The van der Waals surface area contributed by atoms with Crippen molar-refractivity contribution in [3.05, 3.63) is 66.5 Å². The Kier molecular flexibility index (Phi) is 6.61. The molecule has 1 N–H and O–H groups in total. The van der Waals surface area contributed by atoms with Crippen LogP contribution in [0, 0.1) is 0 Å². The molecule has 0 aliphatic heterocycles. The summed E-state index contributed by atoms with van der Waals surface area (Å²) >= 11 is 0.